The van der Waals surface area contributed by atoms with Crippen molar-refractivity contribution in [3.8, 4) is 0 Å². The summed E-state index contributed by atoms with van der Waals surface area (Å²) < 4.78 is 16.3. The first-order valence-electron chi connectivity index (χ1n) is 10.7. The van der Waals surface area contributed by atoms with Gasteiger partial charge in [-0.25, -0.2) is 4.39 Å². The van der Waals surface area contributed by atoms with E-state index in [-0.39, 0.29) is 30.1 Å². The summed E-state index contributed by atoms with van der Waals surface area (Å²) in [5.74, 6) is -0.588. The highest BCUT2D eigenvalue weighted by molar-refractivity contribution is 5.86. The van der Waals surface area contributed by atoms with Crippen LogP contribution in [-0.2, 0) is 11.3 Å². The van der Waals surface area contributed by atoms with E-state index in [1.54, 1.807) is 6.07 Å². The van der Waals surface area contributed by atoms with Gasteiger partial charge in [0, 0.05) is 36.0 Å². The molecule has 0 fully saturated rings. The van der Waals surface area contributed by atoms with Crippen molar-refractivity contribution >= 4 is 16.8 Å². The highest BCUT2D eigenvalue weighted by Crippen LogP contribution is 2.35. The van der Waals surface area contributed by atoms with E-state index in [1.807, 2.05) is 55.5 Å². The standard InChI is InChI=1S/C27H27FN2O/c1-3-30-18-25(23-14-7-8-15-26(23)30)24(21-12-9-13-22(28)16-21)17-27(31)29-19(2)20-10-5-4-6-11-20/h4-16,18-19,24H,3,17H2,1-2H3,(H,29,31)/t19-,24-/m1/s1. The van der Waals surface area contributed by atoms with Crippen LogP contribution >= 0.6 is 0 Å². The number of carbonyl (C=O) groups is 1. The number of amides is 1. The van der Waals surface area contributed by atoms with Gasteiger partial charge in [0.1, 0.15) is 5.82 Å². The number of aryl methyl sites for hydroxylation is 1. The molecule has 0 unspecified atom stereocenters. The number of nitrogens with one attached hydrogen (secondary N) is 1. The molecule has 4 rings (SSSR count). The van der Waals surface area contributed by atoms with E-state index in [2.05, 4.69) is 35.1 Å². The zero-order chi connectivity index (χ0) is 21.8. The van der Waals surface area contributed by atoms with Gasteiger partial charge in [-0.1, -0.05) is 60.7 Å². The van der Waals surface area contributed by atoms with E-state index < -0.39 is 0 Å². The molecule has 2 atom stereocenters. The van der Waals surface area contributed by atoms with Gasteiger partial charge >= 0.3 is 0 Å². The third-order valence-electron chi connectivity index (χ3n) is 5.85. The van der Waals surface area contributed by atoms with Gasteiger partial charge in [-0.3, -0.25) is 4.79 Å². The van der Waals surface area contributed by atoms with E-state index in [0.717, 1.165) is 34.1 Å². The molecule has 0 aliphatic carbocycles. The average Bonchev–Trinajstić information content (AvgIpc) is 3.16. The molecular formula is C27H27FN2O. The number of nitrogens with zero attached hydrogens (tertiary/aromatic N) is 1. The van der Waals surface area contributed by atoms with Crippen molar-refractivity contribution in [3.05, 3.63) is 108 Å². The summed E-state index contributed by atoms with van der Waals surface area (Å²) >= 11 is 0. The second-order valence-electron chi connectivity index (χ2n) is 7.90. The lowest BCUT2D eigenvalue weighted by Crippen LogP contribution is -2.28. The number of hydrogen-bond donors (Lipinski definition) is 1. The fourth-order valence-electron chi connectivity index (χ4n) is 4.26. The maximum Gasteiger partial charge on any atom is 0.221 e. The van der Waals surface area contributed by atoms with E-state index in [4.69, 9.17) is 0 Å². The van der Waals surface area contributed by atoms with Crippen LogP contribution < -0.4 is 5.32 Å². The smallest absolute Gasteiger partial charge is 0.221 e. The number of carbonyl (C=O) groups excluding carboxylic acids is 1. The Hall–Kier alpha value is -3.40. The molecule has 1 amide bonds. The second kappa shape index (κ2) is 9.17. The maximum atomic E-state index is 14.1. The van der Waals surface area contributed by atoms with Crippen LogP contribution in [0.5, 0.6) is 0 Å². The van der Waals surface area contributed by atoms with Gasteiger partial charge in [-0.2, -0.15) is 0 Å². The molecule has 0 saturated carbocycles. The van der Waals surface area contributed by atoms with Gasteiger partial charge in [-0.15, -0.1) is 0 Å². The van der Waals surface area contributed by atoms with Gasteiger partial charge in [0.2, 0.25) is 5.91 Å². The maximum absolute atomic E-state index is 14.1. The number of halogens is 1. The van der Waals surface area contributed by atoms with E-state index in [0.29, 0.717) is 0 Å². The third kappa shape index (κ3) is 4.53. The quantitative estimate of drug-likeness (QED) is 0.384. The Labute approximate surface area is 182 Å². The Kier molecular flexibility index (Phi) is 6.17. The summed E-state index contributed by atoms with van der Waals surface area (Å²) in [6.45, 7) is 4.91. The van der Waals surface area contributed by atoms with Gasteiger partial charge in [0.15, 0.2) is 0 Å². The number of benzene rings is 3. The monoisotopic (exact) mass is 414 g/mol. The van der Waals surface area contributed by atoms with Crippen LogP contribution in [0.2, 0.25) is 0 Å². The first-order valence-corrected chi connectivity index (χ1v) is 10.7. The number of hydrogen-bond acceptors (Lipinski definition) is 1. The van der Waals surface area contributed by atoms with Gasteiger partial charge in [-0.05, 0) is 48.7 Å². The van der Waals surface area contributed by atoms with Crippen LogP contribution in [0.3, 0.4) is 0 Å². The van der Waals surface area contributed by atoms with Crippen molar-refractivity contribution in [2.45, 2.75) is 38.8 Å². The van der Waals surface area contributed by atoms with Crippen molar-refractivity contribution < 1.29 is 9.18 Å². The molecule has 31 heavy (non-hydrogen) atoms. The molecule has 0 saturated heterocycles. The summed E-state index contributed by atoms with van der Waals surface area (Å²) in [7, 11) is 0. The highest BCUT2D eigenvalue weighted by atomic mass is 19.1. The molecule has 0 bridgehead atoms. The van der Waals surface area contributed by atoms with Gasteiger partial charge in [0.05, 0.1) is 6.04 Å². The zero-order valence-electron chi connectivity index (χ0n) is 17.9. The van der Waals surface area contributed by atoms with E-state index >= 15 is 0 Å². The van der Waals surface area contributed by atoms with Crippen LogP contribution in [0.4, 0.5) is 4.39 Å². The molecule has 0 radical (unpaired) electrons. The van der Waals surface area contributed by atoms with Crippen LogP contribution in [0.1, 0.15) is 48.9 Å². The fraction of sp³-hybridized carbons (Fsp3) is 0.222. The van der Waals surface area contributed by atoms with Gasteiger partial charge < -0.3 is 9.88 Å². The highest BCUT2D eigenvalue weighted by Gasteiger charge is 2.23. The Morgan fingerprint density at radius 2 is 1.68 bits per heavy atom. The Bertz CT molecular complexity index is 1180. The summed E-state index contributed by atoms with van der Waals surface area (Å²) in [5, 5.41) is 4.21. The van der Waals surface area contributed by atoms with Crippen molar-refractivity contribution in [2.24, 2.45) is 0 Å². The Morgan fingerprint density at radius 3 is 2.42 bits per heavy atom. The van der Waals surface area contributed by atoms with Crippen molar-refractivity contribution in [1.29, 1.82) is 0 Å². The minimum absolute atomic E-state index is 0.0565. The molecule has 4 heteroatoms. The van der Waals surface area contributed by atoms with Gasteiger partial charge in [0.25, 0.3) is 0 Å². The predicted molar refractivity (Wildman–Crippen MR) is 123 cm³/mol. The van der Waals surface area contributed by atoms with E-state index in [9.17, 15) is 9.18 Å². The fourth-order valence-corrected chi connectivity index (χ4v) is 4.26. The molecule has 0 spiro atoms. The molecule has 1 aromatic heterocycles. The molecule has 3 aromatic carbocycles. The normalized spacial score (nSPS) is 13.1. The molecule has 0 aliphatic rings. The van der Waals surface area contributed by atoms with E-state index in [1.165, 1.54) is 12.1 Å². The molecule has 0 aliphatic heterocycles. The average molecular weight is 415 g/mol. The molecular weight excluding hydrogens is 387 g/mol. The van der Waals surface area contributed by atoms with Crippen molar-refractivity contribution in [3.63, 3.8) is 0 Å². The predicted octanol–water partition coefficient (Wildman–Crippen LogP) is 6.20. The SMILES string of the molecule is CCn1cc([C@H](CC(=O)N[C@H](C)c2ccccc2)c2cccc(F)c2)c2ccccc21. The number of para-hydroxylation sites is 1. The van der Waals surface area contributed by atoms with Crippen molar-refractivity contribution in [1.82, 2.24) is 9.88 Å². The molecule has 1 N–H and O–H groups in total. The third-order valence-corrected chi connectivity index (χ3v) is 5.85. The van der Waals surface area contributed by atoms with Crippen LogP contribution in [0, 0.1) is 5.82 Å². The number of fused-ring (bicyclic) bond motifs is 1. The Balaban J connectivity index is 1.69. The zero-order valence-corrected chi connectivity index (χ0v) is 17.9. The first-order chi connectivity index (χ1) is 15.1. The summed E-state index contributed by atoms with van der Waals surface area (Å²) in [5.41, 5.74) is 4.03. The number of rotatable bonds is 7. The minimum Gasteiger partial charge on any atom is -0.350 e. The summed E-state index contributed by atoms with van der Waals surface area (Å²) in [6, 6.07) is 24.6. The van der Waals surface area contributed by atoms with Crippen LogP contribution in [0.25, 0.3) is 10.9 Å². The summed E-state index contributed by atoms with van der Waals surface area (Å²) in [6.07, 6.45) is 2.35. The van der Waals surface area contributed by atoms with Crippen LogP contribution in [-0.4, -0.2) is 10.5 Å². The second-order valence-corrected chi connectivity index (χ2v) is 7.90. The molecule has 3 nitrogen and oxygen atoms in total. The lowest BCUT2D eigenvalue weighted by atomic mass is 9.87. The molecule has 1 heterocycles. The lowest BCUT2D eigenvalue weighted by molar-refractivity contribution is -0.121. The summed E-state index contributed by atoms with van der Waals surface area (Å²) in [4.78, 5) is 13.1. The Morgan fingerprint density at radius 1 is 0.968 bits per heavy atom. The minimum atomic E-state index is -0.292. The molecule has 158 valence electrons. The molecule has 4 aromatic rings. The van der Waals surface area contributed by atoms with Crippen LogP contribution in [0.15, 0.2) is 85.1 Å². The number of aromatic nitrogens is 1. The van der Waals surface area contributed by atoms with Crippen molar-refractivity contribution in [2.75, 3.05) is 0 Å². The topological polar surface area (TPSA) is 34.0 Å². The first kappa shape index (κ1) is 20.9. The largest absolute Gasteiger partial charge is 0.350 e. The lowest BCUT2D eigenvalue weighted by Gasteiger charge is -2.20.